The second-order valence-corrected chi connectivity index (χ2v) is 9.20. The zero-order valence-electron chi connectivity index (χ0n) is 19.6. The number of H-pyrrole nitrogens is 1. The molecule has 15 heteroatoms. The molecule has 1 aliphatic rings. The van der Waals surface area contributed by atoms with Crippen molar-refractivity contribution in [2.24, 2.45) is 0 Å². The van der Waals surface area contributed by atoms with Crippen LogP contribution in [0.15, 0.2) is 47.3 Å². The first-order valence-electron chi connectivity index (χ1n) is 11.3. The highest BCUT2D eigenvalue weighted by molar-refractivity contribution is 6.31. The van der Waals surface area contributed by atoms with Gasteiger partial charge in [-0.3, -0.25) is 14.2 Å². The van der Waals surface area contributed by atoms with E-state index in [-0.39, 0.29) is 44.5 Å². The Hall–Kier alpha value is -4.33. The Kier molecular flexibility index (Phi) is 6.60. The zero-order valence-corrected chi connectivity index (χ0v) is 20.4. The highest BCUT2D eigenvalue weighted by Gasteiger charge is 2.38. The predicted molar refractivity (Wildman–Crippen MR) is 129 cm³/mol. The Balaban J connectivity index is 1.73. The van der Waals surface area contributed by atoms with E-state index >= 15 is 0 Å². The molecule has 0 bridgehead atoms. The number of nitrogens with one attached hydrogen (secondary N) is 3. The SMILES string of the molecule is O=C(Nc1cc2c([nH]c(=O)n2CC(F)F)c2c1[C@@H](c1cc(F)ccc1Cl)NC2=O)c1cc(F)cc(C(F)(F)F)c1. The molecular formula is C25H14ClF7N4O3. The number of aromatic nitrogens is 2. The molecule has 0 saturated carbocycles. The number of hydrogen-bond acceptors (Lipinski definition) is 3. The largest absolute Gasteiger partial charge is 0.416 e. The van der Waals surface area contributed by atoms with Gasteiger partial charge in [0.2, 0.25) is 0 Å². The summed E-state index contributed by atoms with van der Waals surface area (Å²) in [5, 5.41) is 4.80. The Labute approximate surface area is 223 Å². The first-order chi connectivity index (χ1) is 18.7. The number of benzene rings is 3. The third-order valence-corrected chi connectivity index (χ3v) is 6.58. The van der Waals surface area contributed by atoms with Crippen LogP contribution in [0, 0.1) is 11.6 Å². The first-order valence-corrected chi connectivity index (χ1v) is 11.6. The van der Waals surface area contributed by atoms with Crippen LogP contribution in [0.25, 0.3) is 11.0 Å². The maximum atomic E-state index is 14.1. The van der Waals surface area contributed by atoms with E-state index in [0.717, 1.165) is 18.2 Å². The maximum absolute atomic E-state index is 14.1. The van der Waals surface area contributed by atoms with Crippen LogP contribution in [0.3, 0.4) is 0 Å². The van der Waals surface area contributed by atoms with Gasteiger partial charge >= 0.3 is 11.9 Å². The maximum Gasteiger partial charge on any atom is 0.416 e. The fourth-order valence-corrected chi connectivity index (χ4v) is 4.82. The van der Waals surface area contributed by atoms with Crippen molar-refractivity contribution in [3.63, 3.8) is 0 Å². The van der Waals surface area contributed by atoms with E-state index in [0.29, 0.717) is 16.7 Å². The van der Waals surface area contributed by atoms with E-state index in [4.69, 9.17) is 11.6 Å². The average Bonchev–Trinajstić information content (AvgIpc) is 3.36. The van der Waals surface area contributed by atoms with Gasteiger partial charge in [0.05, 0.1) is 34.7 Å². The van der Waals surface area contributed by atoms with Crippen molar-refractivity contribution in [1.29, 1.82) is 0 Å². The Morgan fingerprint density at radius 3 is 2.45 bits per heavy atom. The van der Waals surface area contributed by atoms with Crippen molar-refractivity contribution in [1.82, 2.24) is 14.9 Å². The minimum atomic E-state index is -4.98. The summed E-state index contributed by atoms with van der Waals surface area (Å²) in [6, 6.07) is 4.15. The Morgan fingerprint density at radius 1 is 1.05 bits per heavy atom. The predicted octanol–water partition coefficient (Wildman–Crippen LogP) is 5.63. The van der Waals surface area contributed by atoms with Gasteiger partial charge in [0.1, 0.15) is 11.6 Å². The molecule has 208 valence electrons. The molecule has 3 aromatic carbocycles. The molecule has 0 saturated heterocycles. The molecule has 0 unspecified atom stereocenters. The van der Waals surface area contributed by atoms with Crippen LogP contribution in [0.4, 0.5) is 36.4 Å². The number of aromatic amines is 1. The second-order valence-electron chi connectivity index (χ2n) is 8.79. The van der Waals surface area contributed by atoms with Crippen LogP contribution >= 0.6 is 11.6 Å². The molecule has 2 amide bonds. The van der Waals surface area contributed by atoms with E-state index < -0.39 is 65.5 Å². The summed E-state index contributed by atoms with van der Waals surface area (Å²) < 4.78 is 94.8. The summed E-state index contributed by atoms with van der Waals surface area (Å²) in [6.07, 6.45) is -7.98. The molecule has 40 heavy (non-hydrogen) atoms. The normalized spacial score (nSPS) is 15.0. The van der Waals surface area contributed by atoms with E-state index in [1.807, 2.05) is 0 Å². The number of amides is 2. The van der Waals surface area contributed by atoms with Crippen molar-refractivity contribution < 1.29 is 40.3 Å². The molecule has 1 aromatic heterocycles. The number of carbonyl (C=O) groups is 2. The average molecular weight is 587 g/mol. The van der Waals surface area contributed by atoms with Crippen LogP contribution in [0.2, 0.25) is 5.02 Å². The third-order valence-electron chi connectivity index (χ3n) is 6.23. The molecule has 3 N–H and O–H groups in total. The van der Waals surface area contributed by atoms with Gasteiger partial charge in [0.15, 0.2) is 0 Å². The molecule has 7 nitrogen and oxygen atoms in total. The lowest BCUT2D eigenvalue weighted by atomic mass is 9.95. The van der Waals surface area contributed by atoms with Gasteiger partial charge in [-0.1, -0.05) is 11.6 Å². The van der Waals surface area contributed by atoms with Crippen molar-refractivity contribution in [3.8, 4) is 0 Å². The summed E-state index contributed by atoms with van der Waals surface area (Å²) in [4.78, 5) is 41.0. The van der Waals surface area contributed by atoms with Crippen LogP contribution in [-0.2, 0) is 12.7 Å². The summed E-state index contributed by atoms with van der Waals surface area (Å²) >= 11 is 6.23. The Bertz CT molecular complexity index is 1760. The molecule has 4 aromatic rings. The first kappa shape index (κ1) is 27.2. The lowest BCUT2D eigenvalue weighted by Gasteiger charge is -2.19. The van der Waals surface area contributed by atoms with Gasteiger partial charge in [-0.05, 0) is 42.5 Å². The molecule has 0 fully saturated rings. The number of fused-ring (bicyclic) bond motifs is 3. The van der Waals surface area contributed by atoms with Gasteiger partial charge in [-0.15, -0.1) is 0 Å². The fourth-order valence-electron chi connectivity index (χ4n) is 4.59. The number of anilines is 1. The second kappa shape index (κ2) is 9.70. The van der Waals surface area contributed by atoms with E-state index in [9.17, 15) is 45.1 Å². The van der Waals surface area contributed by atoms with Gasteiger partial charge in [-0.25, -0.2) is 22.4 Å². The number of imidazole rings is 1. The number of alkyl halides is 5. The van der Waals surface area contributed by atoms with Crippen LogP contribution < -0.4 is 16.3 Å². The van der Waals surface area contributed by atoms with Crippen LogP contribution in [0.5, 0.6) is 0 Å². The summed E-state index contributed by atoms with van der Waals surface area (Å²) in [5.41, 5.74) is -4.30. The lowest BCUT2D eigenvalue weighted by Crippen LogP contribution is -2.22. The number of carbonyl (C=O) groups excluding carboxylic acids is 2. The van der Waals surface area contributed by atoms with Crippen molar-refractivity contribution in [2.45, 2.75) is 25.2 Å². The van der Waals surface area contributed by atoms with Crippen molar-refractivity contribution in [2.75, 3.05) is 5.32 Å². The molecule has 0 aliphatic carbocycles. The molecule has 0 radical (unpaired) electrons. The zero-order chi connectivity index (χ0) is 29.1. The summed E-state index contributed by atoms with van der Waals surface area (Å²) in [6.45, 7) is -1.09. The Morgan fingerprint density at radius 2 is 1.77 bits per heavy atom. The minimum absolute atomic E-state index is 0.0133. The summed E-state index contributed by atoms with van der Waals surface area (Å²) in [7, 11) is 0. The fraction of sp³-hybridized carbons (Fsp3) is 0.160. The van der Waals surface area contributed by atoms with Gasteiger partial charge in [-0.2, -0.15) is 13.2 Å². The lowest BCUT2D eigenvalue weighted by molar-refractivity contribution is -0.137. The highest BCUT2D eigenvalue weighted by atomic mass is 35.5. The third kappa shape index (κ3) is 4.78. The number of halogens is 8. The van der Waals surface area contributed by atoms with Crippen LogP contribution in [0.1, 0.15) is 43.4 Å². The smallest absolute Gasteiger partial charge is 0.341 e. The topological polar surface area (TPSA) is 96.0 Å². The molecule has 1 aliphatic heterocycles. The number of hydrogen-bond donors (Lipinski definition) is 3. The summed E-state index contributed by atoms with van der Waals surface area (Å²) in [5.74, 6) is -4.21. The highest BCUT2D eigenvalue weighted by Crippen LogP contribution is 2.42. The molecule has 2 heterocycles. The van der Waals surface area contributed by atoms with Crippen molar-refractivity contribution >= 4 is 40.1 Å². The van der Waals surface area contributed by atoms with E-state index in [2.05, 4.69) is 15.6 Å². The van der Waals surface area contributed by atoms with Crippen LogP contribution in [-0.4, -0.2) is 27.8 Å². The monoisotopic (exact) mass is 586 g/mol. The van der Waals surface area contributed by atoms with Gasteiger partial charge in [0.25, 0.3) is 18.2 Å². The van der Waals surface area contributed by atoms with Crippen molar-refractivity contribution in [3.05, 3.63) is 97.4 Å². The molecule has 0 spiro atoms. The standard InChI is InChI=1S/C25H14ClF7N4O3/c26-14-2-1-11(27)6-13(14)20-18-15(34-22(38)9-3-10(25(31,32)33)5-12(28)4-9)7-16-21(19(18)23(39)35-20)36-24(40)37(16)8-17(29)30/h1-7,17,20H,8H2,(H,34,38)(H,35,39)(H,36,40)/t20-/m1/s1. The molecule has 5 rings (SSSR count). The quantitative estimate of drug-likeness (QED) is 0.265. The number of rotatable bonds is 5. The molecular weight excluding hydrogens is 573 g/mol. The van der Waals surface area contributed by atoms with E-state index in [1.165, 1.54) is 6.07 Å². The minimum Gasteiger partial charge on any atom is -0.341 e. The van der Waals surface area contributed by atoms with E-state index in [1.54, 1.807) is 0 Å². The number of nitrogens with zero attached hydrogens (tertiary/aromatic N) is 1. The van der Waals surface area contributed by atoms with Gasteiger partial charge in [0, 0.05) is 27.4 Å². The van der Waals surface area contributed by atoms with Gasteiger partial charge < -0.3 is 15.6 Å². The molecule has 1 atom stereocenters.